The summed E-state index contributed by atoms with van der Waals surface area (Å²) in [6, 6.07) is 3.91. The number of halogens is 5. The molecule has 0 aliphatic carbocycles. The van der Waals surface area contributed by atoms with E-state index >= 15 is 0 Å². The van der Waals surface area contributed by atoms with Gasteiger partial charge in [-0.05, 0) is 6.07 Å². The van der Waals surface area contributed by atoms with Crippen LogP contribution in [-0.2, 0) is 5.75 Å². The summed E-state index contributed by atoms with van der Waals surface area (Å²) in [5.41, 5.74) is 0.346. The average Bonchev–Trinajstić information content (AvgIpc) is 2.54. The maximum Gasteiger partial charge on any atom is 0.190 e. The molecule has 0 aliphatic heterocycles. The Balaban J connectivity index is 0.00000170. The van der Waals surface area contributed by atoms with Gasteiger partial charge in [-0.1, -0.05) is 52.3 Å². The molecule has 1 heterocycles. The first-order valence-corrected chi connectivity index (χ1v) is 7.49. The summed E-state index contributed by atoms with van der Waals surface area (Å²) < 4.78 is 26.6. The summed E-state index contributed by atoms with van der Waals surface area (Å²) in [5.74, 6) is 1.79. The van der Waals surface area contributed by atoms with Crippen LogP contribution in [0.2, 0.25) is 10.3 Å². The van der Waals surface area contributed by atoms with Crippen molar-refractivity contribution in [1.29, 1.82) is 0 Å². The van der Waals surface area contributed by atoms with E-state index in [1.807, 2.05) is 0 Å². The van der Waals surface area contributed by atoms with E-state index in [1.165, 1.54) is 12.1 Å². The van der Waals surface area contributed by atoms with Crippen molar-refractivity contribution in [2.75, 3.05) is 0 Å². The van der Waals surface area contributed by atoms with Crippen LogP contribution in [0.15, 0.2) is 28.5 Å². The molecule has 0 bridgehead atoms. The zero-order valence-corrected chi connectivity index (χ0v) is 14.8. The van der Waals surface area contributed by atoms with Gasteiger partial charge in [-0.3, -0.25) is 0 Å². The Bertz CT molecular complexity index is 687. The number of hydrogen-bond donors (Lipinski definition) is 3. The van der Waals surface area contributed by atoms with E-state index in [1.54, 1.807) is 0 Å². The van der Waals surface area contributed by atoms with Gasteiger partial charge in [0, 0.05) is 11.3 Å². The third-order valence-electron chi connectivity index (χ3n) is 2.41. The quantitative estimate of drug-likeness (QED) is 0.173. The molecular weight excluding hydrogens is 409 g/mol. The van der Waals surface area contributed by atoms with Crippen LogP contribution >= 0.6 is 47.4 Å². The lowest BCUT2D eigenvalue weighted by atomic mass is 10.2. The number of nitrogens with two attached hydrogens (primary N) is 1. The van der Waals surface area contributed by atoms with E-state index in [9.17, 15) is 8.78 Å². The third kappa shape index (κ3) is 6.00. The molecule has 6 nitrogen and oxygen atoms in total. The molecule has 0 saturated carbocycles. The van der Waals surface area contributed by atoms with Crippen molar-refractivity contribution in [3.63, 3.8) is 0 Å². The summed E-state index contributed by atoms with van der Waals surface area (Å²) >= 11 is 12.8. The summed E-state index contributed by atoms with van der Waals surface area (Å²) in [5, 5.41) is 17.9. The zero-order chi connectivity index (χ0) is 17.4. The lowest BCUT2D eigenvalue weighted by Gasteiger charge is -2.05. The Hall–Kier alpha value is -1.23. The van der Waals surface area contributed by atoms with E-state index in [0.717, 1.165) is 24.0 Å². The second-order valence-electron chi connectivity index (χ2n) is 3.75. The zero-order valence-electron chi connectivity index (χ0n) is 11.7. The van der Waals surface area contributed by atoms with Crippen molar-refractivity contribution in [1.82, 2.24) is 9.97 Å². The SMILES string of the molecule is Cl.NO.O/N=C/c1c(Cl)nc(SCc2cccc(F)c2F)nc1Cl. The monoisotopic (exact) mass is 418 g/mol. The van der Waals surface area contributed by atoms with E-state index in [4.69, 9.17) is 33.6 Å². The number of hydrogen-bond acceptors (Lipinski definition) is 7. The van der Waals surface area contributed by atoms with Gasteiger partial charge in [-0.15, -0.1) is 12.4 Å². The Morgan fingerprint density at radius 2 is 1.79 bits per heavy atom. The first-order chi connectivity index (χ1) is 11.0. The molecule has 2 aromatic rings. The molecule has 12 heteroatoms. The van der Waals surface area contributed by atoms with Gasteiger partial charge in [-0.2, -0.15) is 0 Å². The van der Waals surface area contributed by atoms with Gasteiger partial charge in [0.25, 0.3) is 0 Å². The van der Waals surface area contributed by atoms with Crippen LogP contribution in [0, 0.1) is 11.6 Å². The molecule has 0 atom stereocenters. The highest BCUT2D eigenvalue weighted by atomic mass is 35.5. The first-order valence-electron chi connectivity index (χ1n) is 5.75. The topological polar surface area (TPSA) is 105 Å². The highest BCUT2D eigenvalue weighted by Gasteiger charge is 2.13. The van der Waals surface area contributed by atoms with Gasteiger partial charge >= 0.3 is 0 Å². The summed E-state index contributed by atoms with van der Waals surface area (Å²) in [6.45, 7) is 0. The van der Waals surface area contributed by atoms with Gasteiger partial charge in [-0.25, -0.2) is 24.6 Å². The number of nitrogens with zero attached hydrogens (tertiary/aromatic N) is 3. The lowest BCUT2D eigenvalue weighted by molar-refractivity contribution is 0.311. The van der Waals surface area contributed by atoms with Crippen molar-refractivity contribution >= 4 is 53.6 Å². The first kappa shape index (κ1) is 22.8. The summed E-state index contributed by atoms with van der Waals surface area (Å²) in [7, 11) is 0. The molecule has 0 fully saturated rings. The highest BCUT2D eigenvalue weighted by molar-refractivity contribution is 7.98. The molecule has 132 valence electrons. The van der Waals surface area contributed by atoms with Gasteiger partial charge in [0.2, 0.25) is 0 Å². The van der Waals surface area contributed by atoms with Crippen LogP contribution in [0.3, 0.4) is 0 Å². The average molecular weight is 420 g/mol. The number of aromatic nitrogens is 2. The van der Waals surface area contributed by atoms with E-state index in [0.29, 0.717) is 0 Å². The van der Waals surface area contributed by atoms with Crippen molar-refractivity contribution in [3.05, 3.63) is 51.3 Å². The Labute approximate surface area is 156 Å². The van der Waals surface area contributed by atoms with Crippen molar-refractivity contribution in [3.8, 4) is 0 Å². The molecule has 0 saturated heterocycles. The molecule has 1 aromatic heterocycles. The molecule has 2 rings (SSSR count). The Morgan fingerprint density at radius 1 is 1.21 bits per heavy atom. The standard InChI is InChI=1S/C12H7Cl2F2N3OS.ClH.H3NO/c13-10-7(4-17-20)11(14)19-12(18-10)21-5-6-2-1-3-8(15)9(6)16;;1-2/h1-4,20H,5H2;1H;2H,1H2/b17-4+;;. The van der Waals surface area contributed by atoms with Gasteiger partial charge in [0.1, 0.15) is 10.3 Å². The normalized spacial score (nSPS) is 10.1. The molecule has 0 amide bonds. The van der Waals surface area contributed by atoms with Crippen LogP contribution < -0.4 is 5.90 Å². The molecular formula is C12H11Cl3F2N4O2S. The van der Waals surface area contributed by atoms with Crippen LogP contribution in [0.1, 0.15) is 11.1 Å². The molecule has 0 aliphatic rings. The molecule has 0 unspecified atom stereocenters. The number of oxime groups is 1. The number of rotatable bonds is 4. The minimum Gasteiger partial charge on any atom is -0.411 e. The molecule has 0 radical (unpaired) electrons. The van der Waals surface area contributed by atoms with Gasteiger partial charge in [0.05, 0.1) is 11.8 Å². The predicted octanol–water partition coefficient (Wildman–Crippen LogP) is 3.92. The minimum atomic E-state index is -0.917. The van der Waals surface area contributed by atoms with Gasteiger partial charge in [0.15, 0.2) is 16.8 Å². The predicted molar refractivity (Wildman–Crippen MR) is 90.6 cm³/mol. The van der Waals surface area contributed by atoms with E-state index < -0.39 is 11.6 Å². The van der Waals surface area contributed by atoms with Crippen LogP contribution in [-0.4, -0.2) is 26.6 Å². The number of thioether (sulfide) groups is 1. The summed E-state index contributed by atoms with van der Waals surface area (Å²) in [6.07, 6.45) is 1.01. The molecule has 24 heavy (non-hydrogen) atoms. The third-order valence-corrected chi connectivity index (χ3v) is 3.88. The fourth-order valence-electron chi connectivity index (χ4n) is 1.43. The molecule has 0 spiro atoms. The van der Waals surface area contributed by atoms with Crippen LogP contribution in [0.5, 0.6) is 0 Å². The van der Waals surface area contributed by atoms with E-state index in [-0.39, 0.29) is 44.7 Å². The van der Waals surface area contributed by atoms with Crippen molar-refractivity contribution in [2.24, 2.45) is 11.1 Å². The fraction of sp³-hybridized carbons (Fsp3) is 0.0833. The second kappa shape index (κ2) is 11.3. The summed E-state index contributed by atoms with van der Waals surface area (Å²) in [4.78, 5) is 7.87. The maximum absolute atomic E-state index is 13.5. The van der Waals surface area contributed by atoms with E-state index in [2.05, 4.69) is 21.0 Å². The highest BCUT2D eigenvalue weighted by Crippen LogP contribution is 2.27. The van der Waals surface area contributed by atoms with Crippen molar-refractivity contribution in [2.45, 2.75) is 10.9 Å². The van der Waals surface area contributed by atoms with Crippen molar-refractivity contribution < 1.29 is 19.2 Å². The smallest absolute Gasteiger partial charge is 0.190 e. The largest absolute Gasteiger partial charge is 0.411 e. The van der Waals surface area contributed by atoms with Crippen LogP contribution in [0.4, 0.5) is 8.78 Å². The van der Waals surface area contributed by atoms with Crippen LogP contribution in [0.25, 0.3) is 0 Å². The minimum absolute atomic E-state index is 0. The van der Waals surface area contributed by atoms with Gasteiger partial charge < -0.3 is 10.4 Å². The lowest BCUT2D eigenvalue weighted by Crippen LogP contribution is -1.97. The maximum atomic E-state index is 13.5. The molecule has 4 N–H and O–H groups in total. The Morgan fingerprint density at radius 3 is 2.33 bits per heavy atom. The number of benzene rings is 1. The second-order valence-corrected chi connectivity index (χ2v) is 5.41. The Kier molecular flexibility index (Phi) is 10.8. The fourth-order valence-corrected chi connectivity index (χ4v) is 2.83. The molecule has 1 aromatic carbocycles.